The Kier molecular flexibility index (Phi) is 5.86. The molecule has 1 aliphatic heterocycles. The zero-order chi connectivity index (χ0) is 10.4. The molecule has 0 aromatic rings. The normalized spacial score (nSPS) is 26.4. The minimum Gasteiger partial charge on any atom is -0.383 e. The second-order valence-electron chi connectivity index (χ2n) is 3.74. The van der Waals surface area contributed by atoms with E-state index < -0.39 is 0 Å². The zero-order valence-corrected chi connectivity index (χ0v) is 10.1. The van der Waals surface area contributed by atoms with Crippen molar-refractivity contribution in [2.24, 2.45) is 5.73 Å². The lowest BCUT2D eigenvalue weighted by Crippen LogP contribution is -2.49. The highest BCUT2D eigenvalue weighted by Crippen LogP contribution is 2.22. The van der Waals surface area contributed by atoms with Crippen LogP contribution in [-0.2, 0) is 4.74 Å². The first-order valence-electron chi connectivity index (χ1n) is 5.36. The molecule has 0 amide bonds. The number of ether oxygens (including phenoxy) is 1. The highest BCUT2D eigenvalue weighted by molar-refractivity contribution is 8.00. The number of nitrogens with two attached hydrogens (primary N) is 1. The SMILES string of the molecule is CCC1CN(C(CN)COC)CCS1. The summed E-state index contributed by atoms with van der Waals surface area (Å²) in [6.07, 6.45) is 1.26. The second-order valence-corrected chi connectivity index (χ2v) is 5.15. The molecule has 3 nitrogen and oxygen atoms in total. The van der Waals surface area contributed by atoms with Gasteiger partial charge in [-0.15, -0.1) is 0 Å². The van der Waals surface area contributed by atoms with Gasteiger partial charge in [-0.25, -0.2) is 0 Å². The first kappa shape index (κ1) is 12.3. The Hall–Kier alpha value is 0.230. The third kappa shape index (κ3) is 3.42. The van der Waals surface area contributed by atoms with Crippen molar-refractivity contribution < 1.29 is 4.74 Å². The van der Waals surface area contributed by atoms with Gasteiger partial charge in [-0.1, -0.05) is 6.92 Å². The predicted molar refractivity (Wildman–Crippen MR) is 62.8 cm³/mol. The summed E-state index contributed by atoms with van der Waals surface area (Å²) in [7, 11) is 1.75. The Morgan fingerprint density at radius 3 is 3.00 bits per heavy atom. The van der Waals surface area contributed by atoms with Crippen LogP contribution in [0, 0.1) is 0 Å². The molecule has 0 bridgehead atoms. The fourth-order valence-electron chi connectivity index (χ4n) is 1.84. The molecule has 0 aromatic carbocycles. The largest absolute Gasteiger partial charge is 0.383 e. The van der Waals surface area contributed by atoms with Gasteiger partial charge in [-0.05, 0) is 6.42 Å². The molecule has 2 N–H and O–H groups in total. The number of hydrogen-bond acceptors (Lipinski definition) is 4. The van der Waals surface area contributed by atoms with Crippen LogP contribution in [0.15, 0.2) is 0 Å². The molecule has 14 heavy (non-hydrogen) atoms. The summed E-state index contributed by atoms with van der Waals surface area (Å²) in [6.45, 7) is 6.06. The van der Waals surface area contributed by atoms with Gasteiger partial charge in [0.25, 0.3) is 0 Å². The van der Waals surface area contributed by atoms with Crippen molar-refractivity contribution >= 4 is 11.8 Å². The molecule has 4 heteroatoms. The molecule has 2 unspecified atom stereocenters. The van der Waals surface area contributed by atoms with Gasteiger partial charge in [-0.3, -0.25) is 4.90 Å². The lowest BCUT2D eigenvalue weighted by Gasteiger charge is -2.37. The Balaban J connectivity index is 2.40. The molecule has 0 saturated carbocycles. The quantitative estimate of drug-likeness (QED) is 0.740. The van der Waals surface area contributed by atoms with E-state index in [2.05, 4.69) is 23.6 Å². The third-order valence-electron chi connectivity index (χ3n) is 2.77. The van der Waals surface area contributed by atoms with Crippen molar-refractivity contribution in [3.8, 4) is 0 Å². The Bertz CT molecular complexity index is 157. The monoisotopic (exact) mass is 218 g/mol. The molecule has 1 rings (SSSR count). The van der Waals surface area contributed by atoms with Crippen LogP contribution in [0.4, 0.5) is 0 Å². The van der Waals surface area contributed by atoms with E-state index in [0.29, 0.717) is 12.6 Å². The van der Waals surface area contributed by atoms with E-state index >= 15 is 0 Å². The van der Waals surface area contributed by atoms with E-state index in [0.717, 1.165) is 18.4 Å². The standard InChI is InChI=1S/C10H22N2OS/c1-3-10-7-12(4-5-14-10)9(6-11)8-13-2/h9-10H,3-8,11H2,1-2H3. The lowest BCUT2D eigenvalue weighted by molar-refractivity contribution is 0.0958. The molecule has 1 heterocycles. The van der Waals surface area contributed by atoms with E-state index in [1.54, 1.807) is 7.11 Å². The molecule has 0 aliphatic carbocycles. The maximum atomic E-state index is 5.75. The van der Waals surface area contributed by atoms with Crippen molar-refractivity contribution in [3.63, 3.8) is 0 Å². The minimum atomic E-state index is 0.412. The van der Waals surface area contributed by atoms with E-state index in [1.165, 1.54) is 18.7 Å². The highest BCUT2D eigenvalue weighted by Gasteiger charge is 2.24. The van der Waals surface area contributed by atoms with Crippen LogP contribution in [-0.4, -0.2) is 55.3 Å². The average molecular weight is 218 g/mol. The van der Waals surface area contributed by atoms with E-state index in [1.807, 2.05) is 0 Å². The molecule has 0 spiro atoms. The molecular weight excluding hydrogens is 196 g/mol. The first-order chi connectivity index (χ1) is 6.81. The molecule has 84 valence electrons. The Morgan fingerprint density at radius 2 is 2.43 bits per heavy atom. The van der Waals surface area contributed by atoms with Gasteiger partial charge >= 0.3 is 0 Å². The maximum Gasteiger partial charge on any atom is 0.0630 e. The second kappa shape index (κ2) is 6.67. The number of rotatable bonds is 5. The van der Waals surface area contributed by atoms with Crippen LogP contribution in [0.1, 0.15) is 13.3 Å². The van der Waals surface area contributed by atoms with Gasteiger partial charge in [0.1, 0.15) is 0 Å². The average Bonchev–Trinajstić information content (AvgIpc) is 2.26. The van der Waals surface area contributed by atoms with Crippen LogP contribution >= 0.6 is 11.8 Å². The Labute approximate surface area is 91.4 Å². The number of thioether (sulfide) groups is 1. The summed E-state index contributed by atoms with van der Waals surface area (Å²) in [6, 6.07) is 0.412. The fraction of sp³-hybridized carbons (Fsp3) is 1.00. The van der Waals surface area contributed by atoms with E-state index in [9.17, 15) is 0 Å². The zero-order valence-electron chi connectivity index (χ0n) is 9.24. The van der Waals surface area contributed by atoms with Gasteiger partial charge in [0, 0.05) is 43.8 Å². The summed E-state index contributed by atoms with van der Waals surface area (Å²) in [5, 5.41) is 0.787. The first-order valence-corrected chi connectivity index (χ1v) is 6.41. The molecule has 1 aliphatic rings. The summed E-state index contributed by atoms with van der Waals surface area (Å²) >= 11 is 2.09. The maximum absolute atomic E-state index is 5.75. The molecule has 0 radical (unpaired) electrons. The van der Waals surface area contributed by atoms with Crippen LogP contribution in [0.25, 0.3) is 0 Å². The topological polar surface area (TPSA) is 38.5 Å². The van der Waals surface area contributed by atoms with Crippen molar-refractivity contribution in [3.05, 3.63) is 0 Å². The number of hydrogen-bond donors (Lipinski definition) is 1. The van der Waals surface area contributed by atoms with Crippen molar-refractivity contribution in [1.82, 2.24) is 4.90 Å². The molecule has 1 fully saturated rings. The molecular formula is C10H22N2OS. The molecule has 2 atom stereocenters. The van der Waals surface area contributed by atoms with Gasteiger partial charge in [0.2, 0.25) is 0 Å². The summed E-state index contributed by atoms with van der Waals surface area (Å²) in [5.41, 5.74) is 5.75. The van der Waals surface area contributed by atoms with Gasteiger partial charge in [0.05, 0.1) is 6.61 Å². The van der Waals surface area contributed by atoms with Gasteiger partial charge in [-0.2, -0.15) is 11.8 Å². The molecule has 1 saturated heterocycles. The predicted octanol–water partition coefficient (Wildman–Crippen LogP) is 0.788. The fourth-order valence-corrected chi connectivity index (χ4v) is 3.04. The summed E-state index contributed by atoms with van der Waals surface area (Å²) in [5.74, 6) is 1.23. The number of nitrogens with zero attached hydrogens (tertiary/aromatic N) is 1. The smallest absolute Gasteiger partial charge is 0.0630 e. The van der Waals surface area contributed by atoms with Crippen molar-refractivity contribution in [2.45, 2.75) is 24.6 Å². The molecule has 0 aromatic heterocycles. The minimum absolute atomic E-state index is 0.412. The highest BCUT2D eigenvalue weighted by atomic mass is 32.2. The van der Waals surface area contributed by atoms with Gasteiger partial charge < -0.3 is 10.5 Å². The van der Waals surface area contributed by atoms with Crippen LogP contribution in [0.3, 0.4) is 0 Å². The summed E-state index contributed by atoms with van der Waals surface area (Å²) in [4.78, 5) is 2.48. The van der Waals surface area contributed by atoms with E-state index in [4.69, 9.17) is 10.5 Å². The van der Waals surface area contributed by atoms with Crippen LogP contribution in [0.2, 0.25) is 0 Å². The van der Waals surface area contributed by atoms with E-state index in [-0.39, 0.29) is 0 Å². The van der Waals surface area contributed by atoms with Crippen LogP contribution in [0.5, 0.6) is 0 Å². The number of methoxy groups -OCH3 is 1. The van der Waals surface area contributed by atoms with Gasteiger partial charge in [0.15, 0.2) is 0 Å². The third-order valence-corrected chi connectivity index (χ3v) is 4.15. The Morgan fingerprint density at radius 1 is 1.64 bits per heavy atom. The summed E-state index contributed by atoms with van der Waals surface area (Å²) < 4.78 is 5.19. The lowest BCUT2D eigenvalue weighted by atomic mass is 10.2. The van der Waals surface area contributed by atoms with Crippen molar-refractivity contribution in [1.29, 1.82) is 0 Å². The van der Waals surface area contributed by atoms with Crippen LogP contribution < -0.4 is 5.73 Å². The van der Waals surface area contributed by atoms with Crippen molar-refractivity contribution in [2.75, 3.05) is 39.1 Å².